The van der Waals surface area contributed by atoms with Gasteiger partial charge >= 0.3 is 0 Å². The van der Waals surface area contributed by atoms with Gasteiger partial charge < -0.3 is 9.88 Å². The molecule has 0 aromatic carbocycles. The number of hydrogen-bond acceptors (Lipinski definition) is 3. The zero-order valence-electron chi connectivity index (χ0n) is 10.7. The van der Waals surface area contributed by atoms with Gasteiger partial charge in [-0.3, -0.25) is 5.10 Å². The van der Waals surface area contributed by atoms with Gasteiger partial charge in [-0.15, -0.1) is 6.58 Å². The van der Waals surface area contributed by atoms with Crippen molar-refractivity contribution in [2.24, 2.45) is 0 Å². The van der Waals surface area contributed by atoms with Crippen molar-refractivity contribution in [1.29, 1.82) is 0 Å². The molecule has 2 aromatic heterocycles. The number of H-pyrrole nitrogens is 1. The smallest absolute Gasteiger partial charge is 0.203 e. The number of hydrogen-bond donors (Lipinski definition) is 2. The topological polar surface area (TPSA) is 58.5 Å². The number of rotatable bonds is 7. The van der Waals surface area contributed by atoms with Gasteiger partial charge in [0.2, 0.25) is 5.95 Å². The summed E-state index contributed by atoms with van der Waals surface area (Å²) in [6.45, 7) is 7.42. The lowest BCUT2D eigenvalue weighted by atomic mass is 10.1. The minimum Gasteiger partial charge on any atom is -0.352 e. The van der Waals surface area contributed by atoms with Crippen LogP contribution in [-0.2, 0) is 13.0 Å². The summed E-state index contributed by atoms with van der Waals surface area (Å²) in [7, 11) is 0. The van der Waals surface area contributed by atoms with Crippen molar-refractivity contribution in [1.82, 2.24) is 19.7 Å². The average Bonchev–Trinajstić information content (AvgIpc) is 2.97. The second-order valence-electron chi connectivity index (χ2n) is 4.24. The largest absolute Gasteiger partial charge is 0.352 e. The van der Waals surface area contributed by atoms with Crippen LogP contribution in [-0.4, -0.2) is 26.3 Å². The van der Waals surface area contributed by atoms with Crippen LogP contribution in [0.1, 0.15) is 17.7 Å². The summed E-state index contributed by atoms with van der Waals surface area (Å²) in [5.74, 6) is 0.902. The molecule has 0 aliphatic rings. The Morgan fingerprint density at radius 3 is 3.17 bits per heavy atom. The summed E-state index contributed by atoms with van der Waals surface area (Å²) in [4.78, 5) is 4.27. The molecule has 96 valence electrons. The van der Waals surface area contributed by atoms with E-state index in [-0.39, 0.29) is 0 Å². The summed E-state index contributed by atoms with van der Waals surface area (Å²) in [5, 5.41) is 10.2. The molecule has 18 heavy (non-hydrogen) atoms. The van der Waals surface area contributed by atoms with E-state index in [1.165, 1.54) is 5.56 Å². The number of aryl methyl sites for hydroxylation is 3. The first-order valence-corrected chi connectivity index (χ1v) is 6.16. The molecule has 0 saturated carbocycles. The first-order valence-electron chi connectivity index (χ1n) is 6.16. The Labute approximate surface area is 107 Å². The average molecular weight is 245 g/mol. The Bertz CT molecular complexity index is 497. The molecule has 5 heteroatoms. The summed E-state index contributed by atoms with van der Waals surface area (Å²) >= 11 is 0. The van der Waals surface area contributed by atoms with Gasteiger partial charge in [0.05, 0.1) is 6.20 Å². The molecule has 5 nitrogen and oxygen atoms in total. The molecule has 2 N–H and O–H groups in total. The van der Waals surface area contributed by atoms with Gasteiger partial charge in [-0.05, 0) is 25.3 Å². The van der Waals surface area contributed by atoms with E-state index in [1.807, 2.05) is 24.7 Å². The van der Waals surface area contributed by atoms with Crippen LogP contribution >= 0.6 is 0 Å². The lowest BCUT2D eigenvalue weighted by Crippen LogP contribution is -2.07. The van der Waals surface area contributed by atoms with E-state index in [0.29, 0.717) is 0 Å². The summed E-state index contributed by atoms with van der Waals surface area (Å²) in [6.07, 6.45) is 9.64. The number of nitrogens with one attached hydrogen (secondary N) is 2. The van der Waals surface area contributed by atoms with Gasteiger partial charge in [-0.2, -0.15) is 5.10 Å². The molecular weight excluding hydrogens is 226 g/mol. The van der Waals surface area contributed by atoms with E-state index in [0.717, 1.165) is 37.6 Å². The van der Waals surface area contributed by atoms with E-state index < -0.39 is 0 Å². The number of imidazole rings is 1. The third-order valence-corrected chi connectivity index (χ3v) is 2.90. The normalized spacial score (nSPS) is 10.5. The molecule has 0 bridgehead atoms. The lowest BCUT2D eigenvalue weighted by molar-refractivity contribution is 0.646. The fourth-order valence-corrected chi connectivity index (χ4v) is 1.89. The second kappa shape index (κ2) is 6.05. The molecule has 0 radical (unpaired) electrons. The summed E-state index contributed by atoms with van der Waals surface area (Å²) in [6, 6.07) is 0. The standard InChI is InChI=1S/C13H19N5/c1-3-6-14-13-15-7-9-18(13)8-4-5-12-10-16-17-11(12)2/h3,7,9-10H,1,4-6,8H2,2H3,(H,14,15)(H,16,17). The minimum absolute atomic E-state index is 0.734. The molecule has 0 saturated heterocycles. The molecule has 0 atom stereocenters. The highest BCUT2D eigenvalue weighted by Crippen LogP contribution is 2.09. The van der Waals surface area contributed by atoms with Crippen LogP contribution in [0.3, 0.4) is 0 Å². The molecular formula is C13H19N5. The quantitative estimate of drug-likeness (QED) is 0.735. The van der Waals surface area contributed by atoms with Crippen LogP contribution in [0, 0.1) is 6.92 Å². The number of aromatic nitrogens is 4. The van der Waals surface area contributed by atoms with Crippen LogP contribution in [0.25, 0.3) is 0 Å². The molecule has 2 heterocycles. The van der Waals surface area contributed by atoms with E-state index in [9.17, 15) is 0 Å². The Balaban J connectivity index is 1.85. The summed E-state index contributed by atoms with van der Waals surface area (Å²) in [5.41, 5.74) is 2.45. The zero-order chi connectivity index (χ0) is 12.8. The maximum Gasteiger partial charge on any atom is 0.203 e. The van der Waals surface area contributed by atoms with E-state index >= 15 is 0 Å². The van der Waals surface area contributed by atoms with E-state index in [1.54, 1.807) is 0 Å². The van der Waals surface area contributed by atoms with Crippen molar-refractivity contribution in [2.45, 2.75) is 26.3 Å². The van der Waals surface area contributed by atoms with Gasteiger partial charge in [0.1, 0.15) is 0 Å². The fourth-order valence-electron chi connectivity index (χ4n) is 1.89. The molecule has 0 unspecified atom stereocenters. The number of nitrogens with zero attached hydrogens (tertiary/aromatic N) is 3. The fraction of sp³-hybridized carbons (Fsp3) is 0.385. The van der Waals surface area contributed by atoms with Gasteiger partial charge in [0, 0.05) is 31.2 Å². The van der Waals surface area contributed by atoms with Crippen LogP contribution in [0.5, 0.6) is 0 Å². The van der Waals surface area contributed by atoms with Crippen LogP contribution < -0.4 is 5.32 Å². The highest BCUT2D eigenvalue weighted by molar-refractivity contribution is 5.26. The number of aromatic amines is 1. The van der Waals surface area contributed by atoms with E-state index in [4.69, 9.17) is 0 Å². The second-order valence-corrected chi connectivity index (χ2v) is 4.24. The third kappa shape index (κ3) is 3.00. The first kappa shape index (κ1) is 12.4. The van der Waals surface area contributed by atoms with Crippen molar-refractivity contribution in [3.63, 3.8) is 0 Å². The number of anilines is 1. The monoisotopic (exact) mass is 245 g/mol. The maximum absolute atomic E-state index is 4.27. The SMILES string of the molecule is C=CCNc1nccn1CCCc1cn[nH]c1C. The Kier molecular flexibility index (Phi) is 4.17. The van der Waals surface area contributed by atoms with E-state index in [2.05, 4.69) is 38.6 Å². The van der Waals surface area contributed by atoms with Crippen LogP contribution in [0.2, 0.25) is 0 Å². The molecule has 0 spiro atoms. The molecule has 0 aliphatic heterocycles. The van der Waals surface area contributed by atoms with Crippen LogP contribution in [0.4, 0.5) is 5.95 Å². The highest BCUT2D eigenvalue weighted by atomic mass is 15.2. The predicted octanol–water partition coefficient (Wildman–Crippen LogP) is 2.15. The van der Waals surface area contributed by atoms with Gasteiger partial charge in [0.15, 0.2) is 0 Å². The predicted molar refractivity (Wildman–Crippen MR) is 72.6 cm³/mol. The Hall–Kier alpha value is -2.04. The zero-order valence-corrected chi connectivity index (χ0v) is 10.7. The maximum atomic E-state index is 4.27. The van der Waals surface area contributed by atoms with Crippen molar-refractivity contribution in [3.8, 4) is 0 Å². The van der Waals surface area contributed by atoms with Gasteiger partial charge in [0.25, 0.3) is 0 Å². The van der Waals surface area contributed by atoms with Crippen molar-refractivity contribution < 1.29 is 0 Å². The molecule has 2 rings (SSSR count). The molecule has 0 amide bonds. The van der Waals surface area contributed by atoms with Gasteiger partial charge in [-0.25, -0.2) is 4.98 Å². The lowest BCUT2D eigenvalue weighted by Gasteiger charge is -2.08. The third-order valence-electron chi connectivity index (χ3n) is 2.90. The van der Waals surface area contributed by atoms with Crippen molar-refractivity contribution in [3.05, 3.63) is 42.5 Å². The Morgan fingerprint density at radius 2 is 2.44 bits per heavy atom. The first-order chi connectivity index (χ1) is 8.81. The Morgan fingerprint density at radius 1 is 1.56 bits per heavy atom. The molecule has 0 aliphatic carbocycles. The van der Waals surface area contributed by atoms with Crippen molar-refractivity contribution >= 4 is 5.95 Å². The minimum atomic E-state index is 0.734. The van der Waals surface area contributed by atoms with Crippen LogP contribution in [0.15, 0.2) is 31.2 Å². The highest BCUT2D eigenvalue weighted by Gasteiger charge is 2.03. The van der Waals surface area contributed by atoms with Crippen molar-refractivity contribution in [2.75, 3.05) is 11.9 Å². The van der Waals surface area contributed by atoms with Gasteiger partial charge in [-0.1, -0.05) is 6.08 Å². The molecule has 0 fully saturated rings. The summed E-state index contributed by atoms with van der Waals surface area (Å²) < 4.78 is 2.12. The molecule has 2 aromatic rings.